The van der Waals surface area contributed by atoms with Crippen molar-refractivity contribution in [1.82, 2.24) is 0 Å². The molecule has 1 aromatic carbocycles. The molecule has 0 saturated carbocycles. The van der Waals surface area contributed by atoms with Gasteiger partial charge in [-0.2, -0.15) is 0 Å². The normalized spacial score (nSPS) is 12.3. The van der Waals surface area contributed by atoms with Crippen LogP contribution < -0.4 is 10.2 Å². The number of hydrogen-bond donors (Lipinski definition) is 1. The van der Waals surface area contributed by atoms with Gasteiger partial charge in [-0.15, -0.1) is 0 Å². The zero-order valence-electron chi connectivity index (χ0n) is 11.5. The minimum Gasteiger partial charge on any atom is -0.539 e. The van der Waals surface area contributed by atoms with Crippen molar-refractivity contribution in [1.29, 1.82) is 0 Å². The average molecular weight is 268 g/mol. The van der Waals surface area contributed by atoms with Crippen molar-refractivity contribution in [3.8, 4) is 5.75 Å². The molecule has 0 radical (unpaired) electrons. The van der Waals surface area contributed by atoms with E-state index in [1.807, 2.05) is 13.1 Å². The molecule has 6 heteroatoms. The summed E-state index contributed by atoms with van der Waals surface area (Å²) in [5.74, 6) is 0.306. The summed E-state index contributed by atoms with van der Waals surface area (Å²) in [5.41, 5.74) is 5.86. The van der Waals surface area contributed by atoms with Crippen LogP contribution in [-0.2, 0) is 0 Å². The topological polar surface area (TPSA) is 78.4 Å². The number of hydrogen-bond acceptors (Lipinski definition) is 4. The molecular weight excluding hydrogens is 248 g/mol. The summed E-state index contributed by atoms with van der Waals surface area (Å²) in [6, 6.07) is 4.53. The van der Waals surface area contributed by atoms with Gasteiger partial charge in [0.15, 0.2) is 5.75 Å². The first-order chi connectivity index (χ1) is 8.04. The van der Waals surface area contributed by atoms with E-state index in [0.29, 0.717) is 11.4 Å². The van der Waals surface area contributed by atoms with Crippen molar-refractivity contribution in [3.63, 3.8) is 0 Å². The van der Waals surface area contributed by atoms with Gasteiger partial charge in [-0.25, -0.2) is 0 Å². The molecule has 0 fully saturated rings. The van der Waals surface area contributed by atoms with Gasteiger partial charge in [0.05, 0.1) is 4.92 Å². The van der Waals surface area contributed by atoms with Gasteiger partial charge in [-0.05, 0) is 30.3 Å². The molecule has 1 rings (SSSR count). The second-order valence-electron chi connectivity index (χ2n) is 5.85. The van der Waals surface area contributed by atoms with Crippen molar-refractivity contribution in [2.75, 3.05) is 5.73 Å². The summed E-state index contributed by atoms with van der Waals surface area (Å²) in [6.45, 7) is 10.4. The number of nitrogen functional groups attached to an aromatic ring is 1. The number of nitrogens with zero attached hydrogens (tertiary/aromatic N) is 1. The van der Waals surface area contributed by atoms with Crippen LogP contribution in [0, 0.1) is 10.1 Å². The molecule has 0 atom stereocenters. The fraction of sp³-hybridized carbons (Fsp3) is 0.500. The number of rotatable bonds is 3. The van der Waals surface area contributed by atoms with E-state index in [-0.39, 0.29) is 10.7 Å². The maximum absolute atomic E-state index is 11.0. The van der Waals surface area contributed by atoms with E-state index in [1.165, 1.54) is 6.07 Å². The molecule has 100 valence electrons. The predicted molar refractivity (Wildman–Crippen MR) is 75.3 cm³/mol. The molecule has 0 heterocycles. The Kier molecular flexibility index (Phi) is 3.71. The van der Waals surface area contributed by atoms with Crippen molar-refractivity contribution in [2.45, 2.75) is 38.9 Å². The van der Waals surface area contributed by atoms with Crippen LogP contribution in [-0.4, -0.2) is 13.2 Å². The second kappa shape index (κ2) is 4.60. The molecule has 0 bridgehead atoms. The van der Waals surface area contributed by atoms with Crippen LogP contribution in [0.25, 0.3) is 0 Å². The van der Waals surface area contributed by atoms with E-state index in [9.17, 15) is 10.1 Å². The third-order valence-electron chi connectivity index (χ3n) is 3.35. The first-order valence-electron chi connectivity index (χ1n) is 5.77. The predicted octanol–water partition coefficient (Wildman–Crippen LogP) is 3.56. The molecule has 0 aromatic heterocycles. The molecule has 18 heavy (non-hydrogen) atoms. The number of nitro groups is 1. The van der Waals surface area contributed by atoms with Crippen LogP contribution in [0.15, 0.2) is 18.2 Å². The van der Waals surface area contributed by atoms with Crippen LogP contribution in [0.4, 0.5) is 11.4 Å². The van der Waals surface area contributed by atoms with E-state index >= 15 is 0 Å². The maximum atomic E-state index is 11.0. The monoisotopic (exact) mass is 268 g/mol. The zero-order valence-corrected chi connectivity index (χ0v) is 12.5. The minimum absolute atomic E-state index is 0.0117. The third-order valence-corrected chi connectivity index (χ3v) is 7.69. The molecule has 0 amide bonds. The molecule has 0 spiro atoms. The van der Waals surface area contributed by atoms with Crippen LogP contribution >= 0.6 is 0 Å². The van der Waals surface area contributed by atoms with Gasteiger partial charge in [-0.1, -0.05) is 20.8 Å². The van der Waals surface area contributed by atoms with Gasteiger partial charge in [0.2, 0.25) is 0 Å². The summed E-state index contributed by atoms with van der Waals surface area (Å²) < 4.78 is 5.96. The van der Waals surface area contributed by atoms with Crippen molar-refractivity contribution in [3.05, 3.63) is 28.3 Å². The summed E-state index contributed by atoms with van der Waals surface area (Å²) in [6.07, 6.45) is 0. The highest BCUT2D eigenvalue weighted by Crippen LogP contribution is 2.40. The van der Waals surface area contributed by atoms with E-state index in [4.69, 9.17) is 10.2 Å². The highest BCUT2D eigenvalue weighted by Gasteiger charge is 2.40. The first kappa shape index (κ1) is 14.5. The molecule has 0 aliphatic rings. The van der Waals surface area contributed by atoms with Gasteiger partial charge < -0.3 is 10.2 Å². The van der Waals surface area contributed by atoms with Gasteiger partial charge in [0.25, 0.3) is 8.32 Å². The molecule has 0 unspecified atom stereocenters. The quantitative estimate of drug-likeness (QED) is 0.393. The molecular formula is C12H20N2O3Si. The van der Waals surface area contributed by atoms with Gasteiger partial charge in [0.1, 0.15) is 0 Å². The maximum Gasteiger partial charge on any atom is 0.311 e. The zero-order chi connectivity index (χ0) is 14.1. The lowest BCUT2D eigenvalue weighted by molar-refractivity contribution is -0.385. The van der Waals surface area contributed by atoms with E-state index in [0.717, 1.165) is 0 Å². The molecule has 2 N–H and O–H groups in total. The third kappa shape index (κ3) is 3.01. The largest absolute Gasteiger partial charge is 0.539 e. The smallest absolute Gasteiger partial charge is 0.311 e. The Hall–Kier alpha value is -1.56. The van der Waals surface area contributed by atoms with Gasteiger partial charge in [0, 0.05) is 11.8 Å². The standard InChI is InChI=1S/C12H20N2O3Si/c1-12(2,3)18(4,5)17-11-7-6-9(13)8-10(11)14(15)16/h6-8H,13H2,1-5H3. The van der Waals surface area contributed by atoms with Crippen molar-refractivity contribution >= 4 is 19.7 Å². The SMILES string of the molecule is CC(C)(C)[Si](C)(C)Oc1ccc(N)cc1[N+](=O)[O-]. The Morgan fingerprint density at radius 3 is 2.33 bits per heavy atom. The number of nitrogens with two attached hydrogens (primary N) is 1. The summed E-state index contributed by atoms with van der Waals surface area (Å²) in [7, 11) is -2.09. The first-order valence-corrected chi connectivity index (χ1v) is 8.68. The highest BCUT2D eigenvalue weighted by atomic mass is 28.4. The number of nitro benzene ring substituents is 1. The molecule has 5 nitrogen and oxygen atoms in total. The summed E-state index contributed by atoms with van der Waals surface area (Å²) in [4.78, 5) is 10.5. The van der Waals surface area contributed by atoms with Crippen LogP contribution in [0.5, 0.6) is 5.75 Å². The van der Waals surface area contributed by atoms with Gasteiger partial charge in [-0.3, -0.25) is 10.1 Å². The van der Waals surface area contributed by atoms with E-state index < -0.39 is 13.2 Å². The molecule has 1 aromatic rings. The van der Waals surface area contributed by atoms with E-state index in [1.54, 1.807) is 12.1 Å². The van der Waals surface area contributed by atoms with E-state index in [2.05, 4.69) is 20.8 Å². The van der Waals surface area contributed by atoms with Crippen LogP contribution in [0.1, 0.15) is 20.8 Å². The Labute approximate surface area is 108 Å². The van der Waals surface area contributed by atoms with Crippen LogP contribution in [0.2, 0.25) is 18.1 Å². The average Bonchev–Trinajstić information content (AvgIpc) is 2.18. The second-order valence-corrected chi connectivity index (χ2v) is 10.6. The Bertz CT molecular complexity index is 467. The minimum atomic E-state index is -2.09. The summed E-state index contributed by atoms with van der Waals surface area (Å²) in [5, 5.41) is 11.0. The highest BCUT2D eigenvalue weighted by molar-refractivity contribution is 6.74. The molecule has 0 aliphatic heterocycles. The lowest BCUT2D eigenvalue weighted by atomic mass is 10.2. The van der Waals surface area contributed by atoms with Crippen LogP contribution in [0.3, 0.4) is 0 Å². The lowest BCUT2D eigenvalue weighted by Crippen LogP contribution is -2.44. The fourth-order valence-electron chi connectivity index (χ4n) is 1.19. The number of anilines is 1. The molecule has 0 saturated heterocycles. The Morgan fingerprint density at radius 1 is 1.33 bits per heavy atom. The van der Waals surface area contributed by atoms with Crippen molar-refractivity contribution < 1.29 is 9.35 Å². The van der Waals surface area contributed by atoms with Crippen molar-refractivity contribution in [2.24, 2.45) is 0 Å². The van der Waals surface area contributed by atoms with Gasteiger partial charge >= 0.3 is 5.69 Å². The summed E-state index contributed by atoms with van der Waals surface area (Å²) >= 11 is 0. The Balaban J connectivity index is 3.16. The fourth-order valence-corrected chi connectivity index (χ4v) is 2.22. The molecule has 0 aliphatic carbocycles. The lowest BCUT2D eigenvalue weighted by Gasteiger charge is -2.36. The Morgan fingerprint density at radius 2 is 1.89 bits per heavy atom. The number of benzene rings is 1.